The average molecular weight is 427 g/mol. The van der Waals surface area contributed by atoms with Crippen LogP contribution in [0.5, 0.6) is 5.75 Å². The van der Waals surface area contributed by atoms with E-state index in [-0.39, 0.29) is 5.57 Å². The minimum absolute atomic E-state index is 0.102. The molecule has 0 aliphatic heterocycles. The Morgan fingerprint density at radius 3 is 2.76 bits per heavy atom. The minimum atomic E-state index is -0.552. The third-order valence-corrected chi connectivity index (χ3v) is 4.43. The third kappa shape index (κ3) is 5.20. The first-order valence-corrected chi connectivity index (χ1v) is 9.47. The summed E-state index contributed by atoms with van der Waals surface area (Å²) in [6.07, 6.45) is 1.37. The van der Waals surface area contributed by atoms with Crippen molar-refractivity contribution in [3.63, 3.8) is 0 Å². The first-order chi connectivity index (χ1) is 14.0. The molecule has 0 spiro atoms. The van der Waals surface area contributed by atoms with Crippen LogP contribution in [-0.2, 0) is 4.79 Å². The van der Waals surface area contributed by atoms with Gasteiger partial charge in [-0.15, -0.1) is 0 Å². The van der Waals surface area contributed by atoms with Gasteiger partial charge in [-0.1, -0.05) is 29.3 Å². The van der Waals surface area contributed by atoms with Crippen molar-refractivity contribution in [1.29, 1.82) is 5.26 Å². The monoisotopic (exact) mass is 426 g/mol. The SMILES string of the molecule is CCOc1cccc(NC(=O)C(C#N)=Cc2ccc(-c3ccc(Cl)cc3Cl)o2)c1. The highest BCUT2D eigenvalue weighted by molar-refractivity contribution is 6.36. The molecule has 1 aromatic heterocycles. The number of nitriles is 1. The second kappa shape index (κ2) is 9.33. The minimum Gasteiger partial charge on any atom is -0.494 e. The van der Waals surface area contributed by atoms with E-state index >= 15 is 0 Å². The molecule has 146 valence electrons. The van der Waals surface area contributed by atoms with Gasteiger partial charge in [-0.05, 0) is 49.4 Å². The predicted molar refractivity (Wildman–Crippen MR) is 114 cm³/mol. The summed E-state index contributed by atoms with van der Waals surface area (Å²) in [4.78, 5) is 12.5. The van der Waals surface area contributed by atoms with Crippen molar-refractivity contribution in [2.75, 3.05) is 11.9 Å². The van der Waals surface area contributed by atoms with Gasteiger partial charge in [0.15, 0.2) is 0 Å². The first-order valence-electron chi connectivity index (χ1n) is 8.71. The molecule has 7 heteroatoms. The topological polar surface area (TPSA) is 75.3 Å². The predicted octanol–water partition coefficient (Wildman–Crippen LogP) is 6.20. The van der Waals surface area contributed by atoms with Crippen molar-refractivity contribution in [3.05, 3.63) is 76.0 Å². The number of ether oxygens (including phenoxy) is 1. The Morgan fingerprint density at radius 1 is 1.21 bits per heavy atom. The van der Waals surface area contributed by atoms with Gasteiger partial charge in [0.1, 0.15) is 28.9 Å². The van der Waals surface area contributed by atoms with Crippen molar-refractivity contribution in [1.82, 2.24) is 0 Å². The number of rotatable bonds is 6. The fourth-order valence-electron chi connectivity index (χ4n) is 2.58. The van der Waals surface area contributed by atoms with Crippen LogP contribution in [0.1, 0.15) is 12.7 Å². The number of halogens is 2. The maximum absolute atomic E-state index is 12.5. The molecule has 0 radical (unpaired) electrons. The molecule has 2 aromatic carbocycles. The lowest BCUT2D eigenvalue weighted by molar-refractivity contribution is -0.112. The summed E-state index contributed by atoms with van der Waals surface area (Å²) in [6, 6.07) is 17.2. The van der Waals surface area contributed by atoms with Crippen LogP contribution < -0.4 is 10.1 Å². The van der Waals surface area contributed by atoms with E-state index in [4.69, 9.17) is 32.4 Å². The summed E-state index contributed by atoms with van der Waals surface area (Å²) < 4.78 is 11.1. The van der Waals surface area contributed by atoms with E-state index in [0.717, 1.165) is 0 Å². The first kappa shape index (κ1) is 20.5. The van der Waals surface area contributed by atoms with Gasteiger partial charge in [0.2, 0.25) is 0 Å². The van der Waals surface area contributed by atoms with E-state index < -0.39 is 5.91 Å². The van der Waals surface area contributed by atoms with E-state index in [1.807, 2.05) is 13.0 Å². The number of nitrogens with zero attached hydrogens (tertiary/aromatic N) is 1. The van der Waals surface area contributed by atoms with Crippen LogP contribution in [0.15, 0.2) is 64.6 Å². The zero-order valence-corrected chi connectivity index (χ0v) is 16.9. The van der Waals surface area contributed by atoms with Gasteiger partial charge in [0.05, 0.1) is 11.6 Å². The highest BCUT2D eigenvalue weighted by Crippen LogP contribution is 2.32. The molecule has 3 aromatic rings. The molecule has 0 saturated heterocycles. The van der Waals surface area contributed by atoms with E-state index in [1.165, 1.54) is 6.08 Å². The molecule has 1 heterocycles. The second-order valence-corrected chi connectivity index (χ2v) is 6.75. The third-order valence-electron chi connectivity index (χ3n) is 3.88. The van der Waals surface area contributed by atoms with Crippen LogP contribution in [0.3, 0.4) is 0 Å². The Labute approximate surface area is 178 Å². The molecule has 0 aliphatic rings. The summed E-state index contributed by atoms with van der Waals surface area (Å²) in [5.41, 5.74) is 1.08. The van der Waals surface area contributed by atoms with E-state index in [2.05, 4.69) is 5.32 Å². The van der Waals surface area contributed by atoms with Gasteiger partial charge < -0.3 is 14.5 Å². The van der Waals surface area contributed by atoms with E-state index in [0.29, 0.717) is 45.2 Å². The lowest BCUT2D eigenvalue weighted by atomic mass is 10.2. The standard InChI is InChI=1S/C22H16Cl2N2O3/c1-2-28-17-5-3-4-16(12-17)26-22(27)14(13-25)10-18-7-9-21(29-18)19-8-6-15(23)11-20(19)24/h3-12H,2H2,1H3,(H,26,27). The number of nitrogens with one attached hydrogen (secondary N) is 1. The van der Waals surface area contributed by atoms with Crippen LogP contribution in [0.25, 0.3) is 17.4 Å². The fourth-order valence-corrected chi connectivity index (χ4v) is 3.09. The molecule has 1 N–H and O–H groups in total. The Hall–Kier alpha value is -3.20. The maximum atomic E-state index is 12.5. The molecule has 0 atom stereocenters. The molecular formula is C22H16Cl2N2O3. The summed E-state index contributed by atoms with van der Waals surface area (Å²) in [7, 11) is 0. The summed E-state index contributed by atoms with van der Waals surface area (Å²) >= 11 is 12.1. The normalized spacial score (nSPS) is 11.0. The number of hydrogen-bond donors (Lipinski definition) is 1. The van der Waals surface area contributed by atoms with Crippen LogP contribution in [0.2, 0.25) is 10.0 Å². The zero-order chi connectivity index (χ0) is 20.8. The van der Waals surface area contributed by atoms with Crippen molar-refractivity contribution in [2.24, 2.45) is 0 Å². The molecule has 1 amide bonds. The molecule has 0 fully saturated rings. The van der Waals surface area contributed by atoms with Crippen molar-refractivity contribution in [3.8, 4) is 23.1 Å². The number of carbonyl (C=O) groups excluding carboxylic acids is 1. The maximum Gasteiger partial charge on any atom is 0.266 e. The average Bonchev–Trinajstić information content (AvgIpc) is 3.15. The van der Waals surface area contributed by atoms with Crippen molar-refractivity contribution < 1.29 is 13.9 Å². The Morgan fingerprint density at radius 2 is 2.03 bits per heavy atom. The van der Waals surface area contributed by atoms with Crippen LogP contribution >= 0.6 is 23.2 Å². The van der Waals surface area contributed by atoms with E-state index in [1.54, 1.807) is 54.6 Å². The van der Waals surface area contributed by atoms with Gasteiger partial charge >= 0.3 is 0 Å². The zero-order valence-electron chi connectivity index (χ0n) is 15.4. The van der Waals surface area contributed by atoms with Gasteiger partial charge in [-0.3, -0.25) is 4.79 Å². The van der Waals surface area contributed by atoms with Crippen molar-refractivity contribution >= 4 is 40.9 Å². The number of anilines is 1. The number of benzene rings is 2. The van der Waals surface area contributed by atoms with Gasteiger partial charge in [0.25, 0.3) is 5.91 Å². The van der Waals surface area contributed by atoms with Gasteiger partial charge in [-0.25, -0.2) is 0 Å². The summed E-state index contributed by atoms with van der Waals surface area (Å²) in [5, 5.41) is 13.0. The number of carbonyl (C=O) groups is 1. The summed E-state index contributed by atoms with van der Waals surface area (Å²) in [5.74, 6) is 0.924. The highest BCUT2D eigenvalue weighted by atomic mass is 35.5. The Balaban J connectivity index is 1.79. The van der Waals surface area contributed by atoms with E-state index in [9.17, 15) is 10.1 Å². The molecule has 5 nitrogen and oxygen atoms in total. The van der Waals surface area contributed by atoms with Gasteiger partial charge in [0, 0.05) is 28.4 Å². The molecule has 0 unspecified atom stereocenters. The van der Waals surface area contributed by atoms with Crippen LogP contribution in [0, 0.1) is 11.3 Å². The largest absolute Gasteiger partial charge is 0.494 e. The lowest BCUT2D eigenvalue weighted by Crippen LogP contribution is -2.13. The number of hydrogen-bond acceptors (Lipinski definition) is 4. The Kier molecular flexibility index (Phi) is 6.61. The smallest absolute Gasteiger partial charge is 0.266 e. The molecule has 0 aliphatic carbocycles. The fraction of sp³-hybridized carbons (Fsp3) is 0.0909. The van der Waals surface area contributed by atoms with Gasteiger partial charge in [-0.2, -0.15) is 5.26 Å². The quantitative estimate of drug-likeness (QED) is 0.376. The molecule has 0 bridgehead atoms. The number of amides is 1. The molecule has 0 saturated carbocycles. The Bertz CT molecular complexity index is 1110. The number of furan rings is 1. The van der Waals surface area contributed by atoms with Crippen LogP contribution in [-0.4, -0.2) is 12.5 Å². The second-order valence-electron chi connectivity index (χ2n) is 5.91. The molecule has 3 rings (SSSR count). The van der Waals surface area contributed by atoms with Crippen LogP contribution in [0.4, 0.5) is 5.69 Å². The van der Waals surface area contributed by atoms with Crippen molar-refractivity contribution in [2.45, 2.75) is 6.92 Å². The highest BCUT2D eigenvalue weighted by Gasteiger charge is 2.13. The molecular weight excluding hydrogens is 411 g/mol. The summed E-state index contributed by atoms with van der Waals surface area (Å²) in [6.45, 7) is 2.38. The molecule has 29 heavy (non-hydrogen) atoms. The lowest BCUT2D eigenvalue weighted by Gasteiger charge is -2.07.